The van der Waals surface area contributed by atoms with Gasteiger partial charge in [-0.25, -0.2) is 0 Å². The molecule has 3 fully saturated rings. The van der Waals surface area contributed by atoms with E-state index in [1.807, 2.05) is 0 Å². The van der Waals surface area contributed by atoms with E-state index in [-0.39, 0.29) is 0 Å². The summed E-state index contributed by atoms with van der Waals surface area (Å²) in [5, 5.41) is 3.88. The van der Waals surface area contributed by atoms with Crippen LogP contribution in [0.15, 0.2) is 0 Å². The second-order valence-electron chi connectivity index (χ2n) is 7.46. The molecule has 1 nitrogen and oxygen atoms in total. The van der Waals surface area contributed by atoms with Gasteiger partial charge in [0.2, 0.25) is 0 Å². The lowest BCUT2D eigenvalue weighted by molar-refractivity contribution is 0.199. The molecule has 3 saturated carbocycles. The maximum Gasteiger partial charge on any atom is 0.00676 e. The highest BCUT2D eigenvalue weighted by atomic mass is 14.9. The van der Waals surface area contributed by atoms with Crippen molar-refractivity contribution in [3.05, 3.63) is 0 Å². The van der Waals surface area contributed by atoms with Crippen LogP contribution in [0.1, 0.15) is 65.2 Å². The zero-order chi connectivity index (χ0) is 11.2. The van der Waals surface area contributed by atoms with E-state index in [4.69, 9.17) is 0 Å². The highest BCUT2D eigenvalue weighted by Gasteiger charge is 2.53. The minimum Gasteiger partial charge on any atom is -0.313 e. The van der Waals surface area contributed by atoms with Gasteiger partial charge >= 0.3 is 0 Å². The van der Waals surface area contributed by atoms with E-state index in [9.17, 15) is 0 Å². The smallest absolute Gasteiger partial charge is 0.00676 e. The standard InChI is InChI=1S/C15H27N/c1-14(2)7-5-13(6-8-14)16-11-15(9-10-15)12-3-4-12/h12-13,16H,3-11H2,1-2H3. The largest absolute Gasteiger partial charge is 0.313 e. The summed E-state index contributed by atoms with van der Waals surface area (Å²) in [6.07, 6.45) is 11.7. The third kappa shape index (κ3) is 2.30. The molecule has 0 spiro atoms. The molecule has 0 aromatic rings. The summed E-state index contributed by atoms with van der Waals surface area (Å²) >= 11 is 0. The summed E-state index contributed by atoms with van der Waals surface area (Å²) < 4.78 is 0. The van der Waals surface area contributed by atoms with Crippen molar-refractivity contribution in [1.82, 2.24) is 5.32 Å². The van der Waals surface area contributed by atoms with Gasteiger partial charge in [0.05, 0.1) is 0 Å². The molecule has 3 aliphatic rings. The van der Waals surface area contributed by atoms with Gasteiger partial charge < -0.3 is 5.32 Å². The van der Waals surface area contributed by atoms with Gasteiger partial charge in [-0.3, -0.25) is 0 Å². The second-order valence-corrected chi connectivity index (χ2v) is 7.46. The molecule has 0 aliphatic heterocycles. The molecular weight excluding hydrogens is 194 g/mol. The van der Waals surface area contributed by atoms with E-state index in [2.05, 4.69) is 19.2 Å². The first-order chi connectivity index (χ1) is 7.60. The van der Waals surface area contributed by atoms with Gasteiger partial charge in [0.15, 0.2) is 0 Å². The normalized spacial score (nSPS) is 32.6. The highest BCUT2D eigenvalue weighted by molar-refractivity contribution is 5.05. The molecule has 92 valence electrons. The number of hydrogen-bond acceptors (Lipinski definition) is 1. The van der Waals surface area contributed by atoms with Crippen molar-refractivity contribution in [3.8, 4) is 0 Å². The van der Waals surface area contributed by atoms with Crippen LogP contribution in [0.4, 0.5) is 0 Å². The Balaban J connectivity index is 1.43. The average Bonchev–Trinajstić information content (AvgIpc) is 3.10. The highest BCUT2D eigenvalue weighted by Crippen LogP contribution is 2.60. The molecule has 3 rings (SSSR count). The molecule has 3 aliphatic carbocycles. The molecule has 0 aromatic heterocycles. The fourth-order valence-electron chi connectivity index (χ4n) is 3.54. The number of hydrogen-bond donors (Lipinski definition) is 1. The first kappa shape index (κ1) is 11.1. The fraction of sp³-hybridized carbons (Fsp3) is 1.00. The monoisotopic (exact) mass is 221 g/mol. The summed E-state index contributed by atoms with van der Waals surface area (Å²) in [7, 11) is 0. The van der Waals surface area contributed by atoms with Gasteiger partial charge in [-0.15, -0.1) is 0 Å². The van der Waals surface area contributed by atoms with E-state index in [1.54, 1.807) is 0 Å². The molecule has 0 saturated heterocycles. The van der Waals surface area contributed by atoms with Gasteiger partial charge in [0.25, 0.3) is 0 Å². The zero-order valence-electron chi connectivity index (χ0n) is 11.0. The van der Waals surface area contributed by atoms with Crippen molar-refractivity contribution < 1.29 is 0 Å². The first-order valence-corrected chi connectivity index (χ1v) is 7.33. The third-order valence-corrected chi connectivity index (χ3v) is 5.42. The Morgan fingerprint density at radius 2 is 1.56 bits per heavy atom. The van der Waals surface area contributed by atoms with E-state index in [1.165, 1.54) is 57.9 Å². The van der Waals surface area contributed by atoms with Crippen LogP contribution >= 0.6 is 0 Å². The van der Waals surface area contributed by atoms with Crippen LogP contribution in [0.2, 0.25) is 0 Å². The zero-order valence-corrected chi connectivity index (χ0v) is 11.0. The Kier molecular flexibility index (Phi) is 2.58. The summed E-state index contributed by atoms with van der Waals surface area (Å²) in [6.45, 7) is 6.19. The van der Waals surface area contributed by atoms with Gasteiger partial charge in [0, 0.05) is 12.6 Å². The van der Waals surface area contributed by atoms with Crippen molar-refractivity contribution >= 4 is 0 Å². The van der Waals surface area contributed by atoms with Crippen molar-refractivity contribution in [1.29, 1.82) is 0 Å². The Bertz CT molecular complexity index is 251. The molecule has 0 bridgehead atoms. The van der Waals surface area contributed by atoms with Crippen LogP contribution in [0.5, 0.6) is 0 Å². The van der Waals surface area contributed by atoms with E-state index < -0.39 is 0 Å². The van der Waals surface area contributed by atoms with Crippen LogP contribution in [0, 0.1) is 16.7 Å². The Morgan fingerprint density at radius 3 is 2.06 bits per heavy atom. The molecule has 0 heterocycles. The second kappa shape index (κ2) is 3.73. The molecular formula is C15H27N. The summed E-state index contributed by atoms with van der Waals surface area (Å²) in [5.74, 6) is 1.11. The van der Waals surface area contributed by atoms with Gasteiger partial charge in [-0.05, 0) is 68.1 Å². The quantitative estimate of drug-likeness (QED) is 0.762. The topological polar surface area (TPSA) is 12.0 Å². The van der Waals surface area contributed by atoms with Gasteiger partial charge in [0.1, 0.15) is 0 Å². The SMILES string of the molecule is CC1(C)CCC(NCC2(C3CC3)CC2)CC1. The maximum absolute atomic E-state index is 3.88. The van der Waals surface area contributed by atoms with Crippen molar-refractivity contribution in [2.45, 2.75) is 71.3 Å². The Hall–Kier alpha value is -0.0400. The molecule has 0 aromatic carbocycles. The van der Waals surface area contributed by atoms with Crippen LogP contribution in [-0.2, 0) is 0 Å². The lowest BCUT2D eigenvalue weighted by atomic mass is 9.75. The average molecular weight is 221 g/mol. The molecule has 0 unspecified atom stereocenters. The lowest BCUT2D eigenvalue weighted by Crippen LogP contribution is -2.39. The lowest BCUT2D eigenvalue weighted by Gasteiger charge is -2.35. The van der Waals surface area contributed by atoms with Crippen molar-refractivity contribution in [2.75, 3.05) is 6.54 Å². The molecule has 1 heteroatoms. The van der Waals surface area contributed by atoms with Crippen LogP contribution in [0.25, 0.3) is 0 Å². The van der Waals surface area contributed by atoms with Crippen LogP contribution in [-0.4, -0.2) is 12.6 Å². The third-order valence-electron chi connectivity index (χ3n) is 5.42. The minimum absolute atomic E-state index is 0.617. The summed E-state index contributed by atoms with van der Waals surface area (Å²) in [5.41, 5.74) is 1.40. The molecule has 0 radical (unpaired) electrons. The number of nitrogens with one attached hydrogen (secondary N) is 1. The Morgan fingerprint density at radius 1 is 0.938 bits per heavy atom. The first-order valence-electron chi connectivity index (χ1n) is 7.33. The fourth-order valence-corrected chi connectivity index (χ4v) is 3.54. The van der Waals surface area contributed by atoms with Gasteiger partial charge in [-0.1, -0.05) is 13.8 Å². The summed E-state index contributed by atoms with van der Waals surface area (Å²) in [6, 6.07) is 0.837. The predicted octanol–water partition coefficient (Wildman–Crippen LogP) is 3.74. The maximum atomic E-state index is 3.88. The molecule has 0 amide bonds. The predicted molar refractivity (Wildman–Crippen MR) is 68.4 cm³/mol. The van der Waals surface area contributed by atoms with Gasteiger partial charge in [-0.2, -0.15) is 0 Å². The van der Waals surface area contributed by atoms with Crippen LogP contribution < -0.4 is 5.32 Å². The molecule has 16 heavy (non-hydrogen) atoms. The van der Waals surface area contributed by atoms with E-state index >= 15 is 0 Å². The van der Waals surface area contributed by atoms with E-state index in [0.717, 1.165) is 17.4 Å². The summed E-state index contributed by atoms with van der Waals surface area (Å²) in [4.78, 5) is 0. The van der Waals surface area contributed by atoms with E-state index in [0.29, 0.717) is 5.41 Å². The Labute approximate surface area is 100 Å². The van der Waals surface area contributed by atoms with Crippen molar-refractivity contribution in [2.24, 2.45) is 16.7 Å². The van der Waals surface area contributed by atoms with Crippen LogP contribution in [0.3, 0.4) is 0 Å². The molecule has 0 atom stereocenters. The molecule has 1 N–H and O–H groups in total. The van der Waals surface area contributed by atoms with Crippen molar-refractivity contribution in [3.63, 3.8) is 0 Å². The number of rotatable bonds is 4. The minimum atomic E-state index is 0.617.